The summed E-state index contributed by atoms with van der Waals surface area (Å²) in [7, 11) is 1.67. The zero-order valence-corrected chi connectivity index (χ0v) is 24.6. The van der Waals surface area contributed by atoms with Gasteiger partial charge >= 0.3 is 0 Å². The molecule has 0 aromatic heterocycles. The fourth-order valence-corrected chi connectivity index (χ4v) is 5.11. The van der Waals surface area contributed by atoms with Crippen LogP contribution in [0.3, 0.4) is 0 Å². The largest absolute Gasteiger partial charge is 0.342 e. The van der Waals surface area contributed by atoms with Crippen molar-refractivity contribution in [1.29, 1.82) is 0 Å². The first-order valence-corrected chi connectivity index (χ1v) is 14.3. The van der Waals surface area contributed by atoms with E-state index in [-0.39, 0.29) is 44.2 Å². The van der Waals surface area contributed by atoms with E-state index in [1.807, 2.05) is 61.5 Å². The normalized spacial score (nSPS) is 14.9. The minimum Gasteiger partial charge on any atom is -0.342 e. The third kappa shape index (κ3) is 7.54. The van der Waals surface area contributed by atoms with Crippen molar-refractivity contribution < 1.29 is 19.2 Å². The molecule has 4 rings (SSSR count). The number of hydrogen-bond donors (Lipinski definition) is 3. The third-order valence-corrected chi connectivity index (χ3v) is 7.88. The van der Waals surface area contributed by atoms with E-state index in [1.54, 1.807) is 25.2 Å². The predicted molar refractivity (Wildman–Crippen MR) is 164 cm³/mol. The summed E-state index contributed by atoms with van der Waals surface area (Å²) >= 11 is 6.10. The summed E-state index contributed by atoms with van der Waals surface area (Å²) in [6.45, 7) is 2.23. The molecular weight excluding hydrogens is 554 g/mol. The lowest BCUT2D eigenvalue weighted by atomic mass is 9.92. The van der Waals surface area contributed by atoms with Gasteiger partial charge in [-0.2, -0.15) is 0 Å². The summed E-state index contributed by atoms with van der Waals surface area (Å²) in [5.74, 6) is -1.38. The van der Waals surface area contributed by atoms with E-state index in [0.29, 0.717) is 17.1 Å². The van der Waals surface area contributed by atoms with Gasteiger partial charge in [-0.3, -0.25) is 19.2 Å². The van der Waals surface area contributed by atoms with E-state index in [4.69, 9.17) is 17.3 Å². The van der Waals surface area contributed by atoms with Gasteiger partial charge in [0.1, 0.15) is 12.1 Å². The Hall–Kier alpha value is -4.21. The Labute approximate surface area is 251 Å². The molecule has 9 nitrogen and oxygen atoms in total. The van der Waals surface area contributed by atoms with E-state index in [9.17, 15) is 19.2 Å². The highest BCUT2D eigenvalue weighted by molar-refractivity contribution is 6.31. The Morgan fingerprint density at radius 3 is 2.38 bits per heavy atom. The molecule has 220 valence electrons. The summed E-state index contributed by atoms with van der Waals surface area (Å²) in [6.07, 6.45) is 0.445. The maximum atomic E-state index is 13.7. The van der Waals surface area contributed by atoms with Crippen LogP contribution in [-0.2, 0) is 32.1 Å². The van der Waals surface area contributed by atoms with Crippen molar-refractivity contribution in [2.45, 2.75) is 51.2 Å². The third-order valence-electron chi connectivity index (χ3n) is 7.46. The molecule has 2 atom stereocenters. The number of para-hydroxylation sites is 1. The highest BCUT2D eigenvalue weighted by Crippen LogP contribution is 2.25. The highest BCUT2D eigenvalue weighted by atomic mass is 35.5. The Bertz CT molecular complexity index is 1450. The smallest absolute Gasteiger partial charge is 0.246 e. The van der Waals surface area contributed by atoms with Crippen molar-refractivity contribution in [3.63, 3.8) is 0 Å². The Morgan fingerprint density at radius 2 is 1.69 bits per heavy atom. The highest BCUT2D eigenvalue weighted by Gasteiger charge is 2.36. The molecule has 1 aliphatic heterocycles. The number of carbonyl (C=O) groups is 4. The number of halogens is 1. The van der Waals surface area contributed by atoms with E-state index in [2.05, 4.69) is 10.6 Å². The molecule has 0 bridgehead atoms. The fraction of sp³-hybridized carbons (Fsp3) is 0.312. The van der Waals surface area contributed by atoms with Crippen LogP contribution in [0.4, 0.5) is 11.4 Å². The lowest BCUT2D eigenvalue weighted by Gasteiger charge is -2.37. The van der Waals surface area contributed by atoms with Crippen molar-refractivity contribution in [3.8, 4) is 0 Å². The molecule has 1 heterocycles. The zero-order chi connectivity index (χ0) is 30.2. The first-order valence-electron chi connectivity index (χ1n) is 13.9. The number of fused-ring (bicyclic) bond motifs is 1. The minimum atomic E-state index is -0.909. The van der Waals surface area contributed by atoms with Crippen molar-refractivity contribution in [2.24, 2.45) is 5.73 Å². The van der Waals surface area contributed by atoms with Gasteiger partial charge in [-0.25, -0.2) is 0 Å². The minimum absolute atomic E-state index is 0.00454. The standard InChI is InChI=1S/C32H36ClN5O4/c1-21-18-24(12-13-26(21)33)35-31(41)27(16-17-34)36-32(42)28-19-22-8-6-7-9-23(22)20-38(28)30(40)15-14-29(39)37(2)25-10-4-3-5-11-25/h3-13,18,27-28H,14-17,19-20,34H2,1-2H3,(H,35,41)(H,36,42)/t27-,28-/m0/s1. The quantitative estimate of drug-likeness (QED) is 0.332. The Balaban J connectivity index is 1.47. The summed E-state index contributed by atoms with van der Waals surface area (Å²) < 4.78 is 0. The van der Waals surface area contributed by atoms with Gasteiger partial charge in [0.25, 0.3) is 0 Å². The number of nitrogens with two attached hydrogens (primary N) is 1. The van der Waals surface area contributed by atoms with Crippen LogP contribution in [0.25, 0.3) is 0 Å². The summed E-state index contributed by atoms with van der Waals surface area (Å²) in [4.78, 5) is 56.2. The molecule has 1 aliphatic rings. The van der Waals surface area contributed by atoms with Crippen molar-refractivity contribution in [2.75, 3.05) is 23.8 Å². The number of benzene rings is 3. The zero-order valence-electron chi connectivity index (χ0n) is 23.8. The molecule has 10 heteroatoms. The average Bonchev–Trinajstić information content (AvgIpc) is 3.00. The number of nitrogens with one attached hydrogen (secondary N) is 2. The molecule has 4 amide bonds. The molecular formula is C32H36ClN5O4. The first kappa shape index (κ1) is 30.7. The Kier molecular flexibility index (Phi) is 10.3. The molecule has 0 radical (unpaired) electrons. The fourth-order valence-electron chi connectivity index (χ4n) is 5.00. The molecule has 4 N–H and O–H groups in total. The second kappa shape index (κ2) is 14.1. The lowest BCUT2D eigenvalue weighted by Crippen LogP contribution is -2.56. The SMILES string of the molecule is Cc1cc(NC(=O)[C@H](CCN)NC(=O)[C@@H]2Cc3ccccc3CN2C(=O)CCC(=O)N(C)c2ccccc2)ccc1Cl. The van der Waals surface area contributed by atoms with Crippen LogP contribution in [0, 0.1) is 6.92 Å². The maximum absolute atomic E-state index is 13.7. The van der Waals surface area contributed by atoms with E-state index >= 15 is 0 Å². The number of amides is 4. The van der Waals surface area contributed by atoms with Crippen LogP contribution in [0.2, 0.25) is 5.02 Å². The first-order chi connectivity index (χ1) is 20.2. The van der Waals surface area contributed by atoms with Crippen LogP contribution in [0.1, 0.15) is 36.0 Å². The molecule has 0 saturated carbocycles. The molecule has 0 saturated heterocycles. The average molecular weight is 590 g/mol. The van der Waals surface area contributed by atoms with Crippen LogP contribution < -0.4 is 21.3 Å². The summed E-state index contributed by atoms with van der Waals surface area (Å²) in [5, 5.41) is 6.23. The van der Waals surface area contributed by atoms with Gasteiger partial charge in [0, 0.05) is 49.3 Å². The van der Waals surface area contributed by atoms with Gasteiger partial charge in [0.15, 0.2) is 0 Å². The number of hydrogen-bond acceptors (Lipinski definition) is 5. The number of aryl methyl sites for hydroxylation is 1. The van der Waals surface area contributed by atoms with E-state index < -0.39 is 23.9 Å². The second-order valence-corrected chi connectivity index (χ2v) is 10.8. The van der Waals surface area contributed by atoms with E-state index in [1.165, 1.54) is 9.80 Å². The van der Waals surface area contributed by atoms with Crippen LogP contribution in [-0.4, -0.2) is 54.2 Å². The number of carbonyl (C=O) groups excluding carboxylic acids is 4. The van der Waals surface area contributed by atoms with E-state index in [0.717, 1.165) is 22.4 Å². The van der Waals surface area contributed by atoms with Crippen LogP contribution in [0.15, 0.2) is 72.8 Å². The number of anilines is 2. The van der Waals surface area contributed by atoms with Crippen molar-refractivity contribution in [1.82, 2.24) is 10.2 Å². The lowest BCUT2D eigenvalue weighted by molar-refractivity contribution is -0.143. The molecule has 0 aliphatic carbocycles. The van der Waals surface area contributed by atoms with Gasteiger partial charge < -0.3 is 26.2 Å². The molecule has 42 heavy (non-hydrogen) atoms. The topological polar surface area (TPSA) is 125 Å². The van der Waals surface area contributed by atoms with Gasteiger partial charge in [-0.05, 0) is 66.9 Å². The van der Waals surface area contributed by atoms with Gasteiger partial charge in [-0.1, -0.05) is 54.1 Å². The van der Waals surface area contributed by atoms with Crippen molar-refractivity contribution >= 4 is 46.6 Å². The second-order valence-electron chi connectivity index (χ2n) is 10.4. The van der Waals surface area contributed by atoms with Crippen molar-refractivity contribution in [3.05, 3.63) is 94.5 Å². The Morgan fingerprint density at radius 1 is 1.00 bits per heavy atom. The summed E-state index contributed by atoms with van der Waals surface area (Å²) in [6, 6.07) is 20.2. The molecule has 0 fully saturated rings. The predicted octanol–water partition coefficient (Wildman–Crippen LogP) is 3.82. The monoisotopic (exact) mass is 589 g/mol. The molecule has 3 aromatic carbocycles. The molecule has 0 spiro atoms. The number of rotatable bonds is 10. The van der Waals surface area contributed by atoms with Gasteiger partial charge in [0.2, 0.25) is 23.6 Å². The molecule has 0 unspecified atom stereocenters. The van der Waals surface area contributed by atoms with Gasteiger partial charge in [0.05, 0.1) is 0 Å². The maximum Gasteiger partial charge on any atom is 0.246 e. The van der Waals surface area contributed by atoms with Crippen LogP contribution >= 0.6 is 11.6 Å². The van der Waals surface area contributed by atoms with Crippen LogP contribution in [0.5, 0.6) is 0 Å². The number of nitrogens with zero attached hydrogens (tertiary/aromatic N) is 2. The van der Waals surface area contributed by atoms with Gasteiger partial charge in [-0.15, -0.1) is 0 Å². The summed E-state index contributed by atoms with van der Waals surface area (Å²) in [5.41, 5.74) is 9.77. The molecule has 3 aromatic rings.